The minimum absolute atomic E-state index is 0.0155. The number of methoxy groups -OCH3 is 1. The van der Waals surface area contributed by atoms with Crippen molar-refractivity contribution in [3.63, 3.8) is 0 Å². The predicted octanol–water partition coefficient (Wildman–Crippen LogP) is 2.28. The van der Waals surface area contributed by atoms with Gasteiger partial charge in [-0.25, -0.2) is 17.5 Å². The van der Waals surface area contributed by atoms with Gasteiger partial charge in [0.1, 0.15) is 16.8 Å². The van der Waals surface area contributed by atoms with Gasteiger partial charge in [0, 0.05) is 13.6 Å². The van der Waals surface area contributed by atoms with Gasteiger partial charge in [-0.2, -0.15) is 5.06 Å². The van der Waals surface area contributed by atoms with E-state index in [1.165, 1.54) is 17.2 Å². The number of hydroxylamine groups is 2. The Morgan fingerprint density at radius 1 is 1.26 bits per heavy atom. The fraction of sp³-hybridized carbons (Fsp3) is 0.368. The molecule has 0 radical (unpaired) electrons. The fourth-order valence-electron chi connectivity index (χ4n) is 3.32. The molecular formula is C19H23FN2O4S. The van der Waals surface area contributed by atoms with Crippen LogP contribution >= 0.6 is 0 Å². The second-order valence-electron chi connectivity index (χ2n) is 6.38. The Balaban J connectivity index is 1.71. The summed E-state index contributed by atoms with van der Waals surface area (Å²) in [5.74, 6) is 0.311. The fourth-order valence-corrected chi connectivity index (χ4v) is 4.82. The maximum Gasteiger partial charge on any atom is 0.218 e. The Morgan fingerprint density at radius 2 is 2.04 bits per heavy atom. The standard InChI is InChI=1S/C19H23FN2O4S/c1-22-19(15-7-5-8-16(20)12-15)18(13-26-22)27(23,24)21-11-10-14-6-3-4-9-17(14)25-2/h3-9,12,18-19,21H,10-11,13H2,1-2H3/t18-,19+/m0/s1. The molecule has 1 aliphatic rings. The number of ether oxygens (including phenoxy) is 1. The molecule has 6 nitrogen and oxygen atoms in total. The number of sulfonamides is 1. The molecule has 2 atom stereocenters. The topological polar surface area (TPSA) is 67.9 Å². The summed E-state index contributed by atoms with van der Waals surface area (Å²) < 4.78 is 47.2. The Kier molecular flexibility index (Phi) is 6.11. The number of benzene rings is 2. The van der Waals surface area contributed by atoms with E-state index < -0.39 is 27.1 Å². The first-order chi connectivity index (χ1) is 12.9. The van der Waals surface area contributed by atoms with E-state index in [0.29, 0.717) is 12.0 Å². The van der Waals surface area contributed by atoms with E-state index in [9.17, 15) is 12.8 Å². The molecule has 3 rings (SSSR count). The number of hydrogen-bond donors (Lipinski definition) is 1. The first kappa shape index (κ1) is 19.8. The molecule has 8 heteroatoms. The summed E-state index contributed by atoms with van der Waals surface area (Å²) in [6, 6.07) is 12.8. The summed E-state index contributed by atoms with van der Waals surface area (Å²) in [5.41, 5.74) is 1.49. The van der Waals surface area contributed by atoms with Crippen molar-refractivity contribution in [1.29, 1.82) is 0 Å². The molecule has 27 heavy (non-hydrogen) atoms. The Labute approximate surface area is 158 Å². The number of rotatable bonds is 7. The molecule has 0 amide bonds. The normalized spacial score (nSPS) is 20.7. The third-order valence-corrected chi connectivity index (χ3v) is 6.46. The number of para-hydroxylation sites is 1. The first-order valence-electron chi connectivity index (χ1n) is 8.64. The Morgan fingerprint density at radius 3 is 2.78 bits per heavy atom. The summed E-state index contributed by atoms with van der Waals surface area (Å²) in [6.07, 6.45) is 0.497. The monoisotopic (exact) mass is 394 g/mol. The molecule has 0 spiro atoms. The molecule has 0 aromatic heterocycles. The first-order valence-corrected chi connectivity index (χ1v) is 10.2. The van der Waals surface area contributed by atoms with Crippen LogP contribution in [0.2, 0.25) is 0 Å². The average molecular weight is 394 g/mol. The minimum Gasteiger partial charge on any atom is -0.496 e. The maximum absolute atomic E-state index is 13.6. The van der Waals surface area contributed by atoms with E-state index in [1.54, 1.807) is 26.3 Å². The van der Waals surface area contributed by atoms with Crippen LogP contribution in [0, 0.1) is 5.82 Å². The summed E-state index contributed by atoms with van der Waals surface area (Å²) in [4.78, 5) is 5.43. The van der Waals surface area contributed by atoms with Crippen LogP contribution in [0.1, 0.15) is 17.2 Å². The average Bonchev–Trinajstić information content (AvgIpc) is 3.04. The van der Waals surface area contributed by atoms with Crippen LogP contribution in [0.25, 0.3) is 0 Å². The molecule has 1 saturated heterocycles. The van der Waals surface area contributed by atoms with Gasteiger partial charge in [0.2, 0.25) is 10.0 Å². The van der Waals surface area contributed by atoms with Crippen molar-refractivity contribution in [1.82, 2.24) is 9.79 Å². The van der Waals surface area contributed by atoms with Crippen LogP contribution in [-0.2, 0) is 21.3 Å². The highest BCUT2D eigenvalue weighted by Crippen LogP contribution is 2.33. The van der Waals surface area contributed by atoms with Crippen LogP contribution in [0.15, 0.2) is 48.5 Å². The molecule has 1 aliphatic heterocycles. The van der Waals surface area contributed by atoms with E-state index in [0.717, 1.165) is 11.3 Å². The second-order valence-corrected chi connectivity index (χ2v) is 8.37. The summed E-state index contributed by atoms with van der Waals surface area (Å²) in [7, 11) is -0.438. The SMILES string of the molecule is COc1ccccc1CCNS(=O)(=O)[C@H]1CON(C)[C@@H]1c1cccc(F)c1. The van der Waals surface area contributed by atoms with Gasteiger partial charge in [0.15, 0.2) is 0 Å². The van der Waals surface area contributed by atoms with Gasteiger partial charge in [0.25, 0.3) is 0 Å². The lowest BCUT2D eigenvalue weighted by Gasteiger charge is -2.23. The molecule has 1 heterocycles. The van der Waals surface area contributed by atoms with Crippen molar-refractivity contribution >= 4 is 10.0 Å². The lowest BCUT2D eigenvalue weighted by Crippen LogP contribution is -2.40. The lowest BCUT2D eigenvalue weighted by atomic mass is 10.0. The Bertz CT molecular complexity index is 891. The molecular weight excluding hydrogens is 371 g/mol. The molecule has 1 N–H and O–H groups in total. The van der Waals surface area contributed by atoms with E-state index in [1.807, 2.05) is 24.3 Å². The zero-order valence-electron chi connectivity index (χ0n) is 15.3. The molecule has 1 fully saturated rings. The third-order valence-electron chi connectivity index (χ3n) is 4.67. The van der Waals surface area contributed by atoms with Crippen molar-refractivity contribution in [3.8, 4) is 5.75 Å². The van der Waals surface area contributed by atoms with Crippen molar-refractivity contribution < 1.29 is 22.4 Å². The van der Waals surface area contributed by atoms with Gasteiger partial charge >= 0.3 is 0 Å². The molecule has 2 aromatic carbocycles. The molecule has 0 unspecified atom stereocenters. The molecule has 146 valence electrons. The van der Waals surface area contributed by atoms with Crippen molar-refractivity contribution in [3.05, 3.63) is 65.5 Å². The lowest BCUT2D eigenvalue weighted by molar-refractivity contribution is -0.110. The van der Waals surface area contributed by atoms with Crippen molar-refractivity contribution in [2.75, 3.05) is 27.3 Å². The van der Waals surface area contributed by atoms with Gasteiger partial charge < -0.3 is 4.74 Å². The second kappa shape index (κ2) is 8.35. The van der Waals surface area contributed by atoms with Gasteiger partial charge in [0.05, 0.1) is 19.8 Å². The van der Waals surface area contributed by atoms with Crippen LogP contribution < -0.4 is 9.46 Å². The molecule has 0 saturated carbocycles. The van der Waals surface area contributed by atoms with Gasteiger partial charge in [-0.15, -0.1) is 0 Å². The zero-order chi connectivity index (χ0) is 19.4. The quantitative estimate of drug-likeness (QED) is 0.780. The van der Waals surface area contributed by atoms with Crippen molar-refractivity contribution in [2.24, 2.45) is 0 Å². The maximum atomic E-state index is 13.6. The predicted molar refractivity (Wildman–Crippen MR) is 100 cm³/mol. The molecule has 2 aromatic rings. The van der Waals surface area contributed by atoms with Gasteiger partial charge in [-0.3, -0.25) is 4.84 Å². The Hall–Kier alpha value is -2.00. The van der Waals surface area contributed by atoms with E-state index in [2.05, 4.69) is 4.72 Å². The number of nitrogens with zero attached hydrogens (tertiary/aromatic N) is 1. The number of halogens is 1. The van der Waals surface area contributed by atoms with E-state index in [4.69, 9.17) is 9.57 Å². The van der Waals surface area contributed by atoms with E-state index >= 15 is 0 Å². The van der Waals surface area contributed by atoms with Crippen molar-refractivity contribution in [2.45, 2.75) is 17.7 Å². The van der Waals surface area contributed by atoms with Gasteiger partial charge in [-0.1, -0.05) is 30.3 Å². The smallest absolute Gasteiger partial charge is 0.218 e. The molecule has 0 aliphatic carbocycles. The number of hydrogen-bond acceptors (Lipinski definition) is 5. The minimum atomic E-state index is -3.67. The largest absolute Gasteiger partial charge is 0.496 e. The summed E-state index contributed by atoms with van der Waals surface area (Å²) in [5, 5.41) is 0.640. The zero-order valence-corrected chi connectivity index (χ0v) is 16.1. The summed E-state index contributed by atoms with van der Waals surface area (Å²) in [6.45, 7) is 0.250. The van der Waals surface area contributed by atoms with E-state index in [-0.39, 0.29) is 13.2 Å². The van der Waals surface area contributed by atoms with Crippen LogP contribution in [0.5, 0.6) is 5.75 Å². The van der Waals surface area contributed by atoms with Crippen LogP contribution in [-0.4, -0.2) is 46.0 Å². The highest BCUT2D eigenvalue weighted by Gasteiger charge is 2.43. The van der Waals surface area contributed by atoms with Crippen LogP contribution in [0.3, 0.4) is 0 Å². The summed E-state index contributed by atoms with van der Waals surface area (Å²) >= 11 is 0. The molecule has 0 bridgehead atoms. The highest BCUT2D eigenvalue weighted by atomic mass is 32.2. The number of nitrogens with one attached hydrogen (secondary N) is 1. The van der Waals surface area contributed by atoms with Gasteiger partial charge in [-0.05, 0) is 35.7 Å². The van der Waals surface area contributed by atoms with Crippen LogP contribution in [0.4, 0.5) is 4.39 Å². The third kappa shape index (κ3) is 4.47. The highest BCUT2D eigenvalue weighted by molar-refractivity contribution is 7.90.